The minimum absolute atomic E-state index is 0.0155. The summed E-state index contributed by atoms with van der Waals surface area (Å²) in [6.07, 6.45) is 1.98. The molecule has 6 heteroatoms. The van der Waals surface area contributed by atoms with Gasteiger partial charge in [-0.1, -0.05) is 36.8 Å². The molecule has 0 bridgehead atoms. The molecule has 1 aromatic carbocycles. The van der Waals surface area contributed by atoms with Gasteiger partial charge in [-0.2, -0.15) is 0 Å². The smallest absolute Gasteiger partial charge is 0.310 e. The number of carbonyl (C=O) groups excluding carboxylic acids is 3. The van der Waals surface area contributed by atoms with E-state index >= 15 is 0 Å². The number of nitrogens with one attached hydrogen (secondary N) is 1. The number of benzene rings is 1. The van der Waals surface area contributed by atoms with Gasteiger partial charge in [-0.25, -0.2) is 0 Å². The second-order valence-corrected chi connectivity index (χ2v) is 6.59. The lowest BCUT2D eigenvalue weighted by atomic mass is 10.1. The number of amides is 2. The summed E-state index contributed by atoms with van der Waals surface area (Å²) in [5.74, 6) is -0.906. The van der Waals surface area contributed by atoms with E-state index in [2.05, 4.69) is 29.6 Å². The van der Waals surface area contributed by atoms with Crippen molar-refractivity contribution in [3.8, 4) is 0 Å². The van der Waals surface area contributed by atoms with Crippen molar-refractivity contribution in [2.24, 2.45) is 5.92 Å². The van der Waals surface area contributed by atoms with E-state index in [1.165, 1.54) is 25.2 Å². The fourth-order valence-corrected chi connectivity index (χ4v) is 2.65. The largest absolute Gasteiger partial charge is 0.469 e. The molecule has 0 aromatic heterocycles. The number of esters is 1. The first-order valence-electron chi connectivity index (χ1n) is 8.99. The van der Waals surface area contributed by atoms with E-state index in [4.69, 9.17) is 4.74 Å². The van der Waals surface area contributed by atoms with E-state index in [0.29, 0.717) is 19.5 Å². The van der Waals surface area contributed by atoms with Crippen LogP contribution < -0.4 is 5.32 Å². The molecular weight excluding hydrogens is 332 g/mol. The van der Waals surface area contributed by atoms with Gasteiger partial charge < -0.3 is 15.0 Å². The average Bonchev–Trinajstić information content (AvgIpc) is 2.61. The minimum atomic E-state index is -0.404. The van der Waals surface area contributed by atoms with E-state index in [9.17, 15) is 14.4 Å². The molecule has 0 radical (unpaired) electrons. The molecule has 0 aliphatic rings. The van der Waals surface area contributed by atoms with Crippen molar-refractivity contribution in [2.75, 3.05) is 26.7 Å². The summed E-state index contributed by atoms with van der Waals surface area (Å²) in [5, 5.41) is 2.69. The van der Waals surface area contributed by atoms with Gasteiger partial charge in [0.1, 0.15) is 0 Å². The molecule has 0 aliphatic heterocycles. The summed E-state index contributed by atoms with van der Waals surface area (Å²) < 4.78 is 4.74. The number of hydrogen-bond acceptors (Lipinski definition) is 4. The van der Waals surface area contributed by atoms with Crippen molar-refractivity contribution >= 4 is 17.8 Å². The quantitative estimate of drug-likeness (QED) is 0.647. The maximum atomic E-state index is 12.6. The summed E-state index contributed by atoms with van der Waals surface area (Å²) in [5.41, 5.74) is 2.42. The van der Waals surface area contributed by atoms with Crippen LogP contribution in [0.1, 0.15) is 37.8 Å². The molecule has 1 aromatic rings. The average molecular weight is 362 g/mol. The number of methoxy groups -OCH3 is 1. The van der Waals surface area contributed by atoms with Crippen molar-refractivity contribution in [3.63, 3.8) is 0 Å². The molecule has 26 heavy (non-hydrogen) atoms. The Bertz CT molecular complexity index is 598. The Labute approximate surface area is 155 Å². The van der Waals surface area contributed by atoms with Crippen molar-refractivity contribution in [3.05, 3.63) is 35.4 Å². The summed E-state index contributed by atoms with van der Waals surface area (Å²) in [6.45, 7) is 6.25. The second kappa shape index (κ2) is 11.3. The molecule has 1 atom stereocenters. The molecule has 0 saturated carbocycles. The Morgan fingerprint density at radius 3 is 2.42 bits per heavy atom. The summed E-state index contributed by atoms with van der Waals surface area (Å²) >= 11 is 0. The van der Waals surface area contributed by atoms with Crippen LogP contribution in [0.15, 0.2) is 24.3 Å². The monoisotopic (exact) mass is 362 g/mol. The van der Waals surface area contributed by atoms with Gasteiger partial charge >= 0.3 is 5.97 Å². The van der Waals surface area contributed by atoms with E-state index in [1.54, 1.807) is 11.8 Å². The van der Waals surface area contributed by atoms with Crippen molar-refractivity contribution < 1.29 is 19.1 Å². The maximum absolute atomic E-state index is 12.6. The number of hydrogen-bond donors (Lipinski definition) is 1. The van der Waals surface area contributed by atoms with Crippen LogP contribution in [-0.2, 0) is 25.5 Å². The first-order chi connectivity index (χ1) is 12.3. The molecule has 0 heterocycles. The minimum Gasteiger partial charge on any atom is -0.469 e. The van der Waals surface area contributed by atoms with Gasteiger partial charge in [0.05, 0.1) is 13.0 Å². The Morgan fingerprint density at radius 1 is 1.19 bits per heavy atom. The van der Waals surface area contributed by atoms with Crippen molar-refractivity contribution in [1.82, 2.24) is 10.2 Å². The first kappa shape index (κ1) is 21.7. The van der Waals surface area contributed by atoms with Crippen LogP contribution in [0.5, 0.6) is 0 Å². The van der Waals surface area contributed by atoms with Gasteiger partial charge in [-0.15, -0.1) is 0 Å². The Morgan fingerprint density at radius 2 is 1.85 bits per heavy atom. The molecule has 1 rings (SSSR count). The number of aryl methyl sites for hydroxylation is 2. The molecule has 0 aliphatic carbocycles. The van der Waals surface area contributed by atoms with Gasteiger partial charge in [0.15, 0.2) is 0 Å². The summed E-state index contributed by atoms with van der Waals surface area (Å²) in [4.78, 5) is 36.9. The number of rotatable bonds is 10. The molecular formula is C20H30N2O4. The second-order valence-electron chi connectivity index (χ2n) is 6.59. The SMILES string of the molecule is COC(=O)C(C)CN(CCNC(C)=O)C(=O)CCCc1ccc(C)cc1. The highest BCUT2D eigenvalue weighted by atomic mass is 16.5. The van der Waals surface area contributed by atoms with E-state index in [-0.39, 0.29) is 24.3 Å². The number of carbonyl (C=O) groups is 3. The van der Waals surface area contributed by atoms with Crippen molar-refractivity contribution in [1.29, 1.82) is 0 Å². The number of nitrogens with zero attached hydrogens (tertiary/aromatic N) is 1. The third-order valence-electron chi connectivity index (χ3n) is 4.18. The van der Waals surface area contributed by atoms with Crippen LogP contribution in [0.25, 0.3) is 0 Å². The predicted octanol–water partition coefficient (Wildman–Crippen LogP) is 2.09. The van der Waals surface area contributed by atoms with Crippen LogP contribution in [0.2, 0.25) is 0 Å². The lowest BCUT2D eigenvalue weighted by Gasteiger charge is -2.25. The standard InChI is InChI=1S/C20H30N2O4/c1-15-8-10-18(11-9-15)6-5-7-19(24)22(13-12-21-17(3)23)14-16(2)20(25)26-4/h8-11,16H,5-7,12-14H2,1-4H3,(H,21,23). The summed E-state index contributed by atoms with van der Waals surface area (Å²) in [7, 11) is 1.34. The van der Waals surface area contributed by atoms with Gasteiger partial charge in [0, 0.05) is 33.0 Å². The van der Waals surface area contributed by atoms with Crippen molar-refractivity contribution in [2.45, 2.75) is 40.0 Å². The van der Waals surface area contributed by atoms with Gasteiger partial charge in [0.2, 0.25) is 11.8 Å². The highest BCUT2D eigenvalue weighted by Gasteiger charge is 2.21. The normalized spacial score (nSPS) is 11.5. The van der Waals surface area contributed by atoms with E-state index in [1.807, 2.05) is 6.92 Å². The van der Waals surface area contributed by atoms with E-state index < -0.39 is 5.92 Å². The fraction of sp³-hybridized carbons (Fsp3) is 0.550. The molecule has 2 amide bonds. The Hall–Kier alpha value is -2.37. The third kappa shape index (κ3) is 8.14. The molecule has 6 nitrogen and oxygen atoms in total. The molecule has 1 N–H and O–H groups in total. The van der Waals surface area contributed by atoms with Gasteiger partial charge in [-0.3, -0.25) is 14.4 Å². The molecule has 1 unspecified atom stereocenters. The number of ether oxygens (including phenoxy) is 1. The lowest BCUT2D eigenvalue weighted by Crippen LogP contribution is -2.41. The maximum Gasteiger partial charge on any atom is 0.310 e. The highest BCUT2D eigenvalue weighted by Crippen LogP contribution is 2.10. The molecule has 0 saturated heterocycles. The first-order valence-corrected chi connectivity index (χ1v) is 8.99. The zero-order chi connectivity index (χ0) is 19.5. The van der Waals surface area contributed by atoms with Gasteiger partial charge in [0.25, 0.3) is 0 Å². The predicted molar refractivity (Wildman–Crippen MR) is 101 cm³/mol. The molecule has 144 valence electrons. The van der Waals surface area contributed by atoms with Crippen LogP contribution in [0, 0.1) is 12.8 Å². The topological polar surface area (TPSA) is 75.7 Å². The zero-order valence-electron chi connectivity index (χ0n) is 16.2. The van der Waals surface area contributed by atoms with Crippen LogP contribution >= 0.6 is 0 Å². The Kier molecular flexibility index (Phi) is 9.41. The lowest BCUT2D eigenvalue weighted by molar-refractivity contribution is -0.146. The van der Waals surface area contributed by atoms with Crippen LogP contribution in [0.3, 0.4) is 0 Å². The van der Waals surface area contributed by atoms with Gasteiger partial charge in [-0.05, 0) is 25.3 Å². The van der Waals surface area contributed by atoms with Crippen LogP contribution in [0.4, 0.5) is 0 Å². The zero-order valence-corrected chi connectivity index (χ0v) is 16.2. The highest BCUT2D eigenvalue weighted by molar-refractivity contribution is 5.78. The van der Waals surface area contributed by atoms with Crippen LogP contribution in [-0.4, -0.2) is 49.4 Å². The summed E-state index contributed by atoms with van der Waals surface area (Å²) in [6, 6.07) is 8.28. The molecule has 0 spiro atoms. The third-order valence-corrected chi connectivity index (χ3v) is 4.18. The van der Waals surface area contributed by atoms with E-state index in [0.717, 1.165) is 12.8 Å². The fourth-order valence-electron chi connectivity index (χ4n) is 2.65. The Balaban J connectivity index is 2.56. The molecule has 0 fully saturated rings.